The molecule has 3 atom stereocenters. The highest BCUT2D eigenvalue weighted by atomic mass is 16.4. The quantitative estimate of drug-likeness (QED) is 0.901. The Hall–Kier alpha value is -1.61. The third-order valence-electron chi connectivity index (χ3n) is 4.42. The molecule has 1 aromatic carbocycles. The van der Waals surface area contributed by atoms with Crippen LogP contribution in [0.5, 0.6) is 0 Å². The molecule has 3 nitrogen and oxygen atoms in total. The van der Waals surface area contributed by atoms with Crippen molar-refractivity contribution >= 4 is 12.0 Å². The van der Waals surface area contributed by atoms with Crippen LogP contribution in [-0.4, -0.2) is 34.6 Å². The van der Waals surface area contributed by atoms with Crippen molar-refractivity contribution in [2.45, 2.75) is 31.3 Å². The summed E-state index contributed by atoms with van der Waals surface area (Å²) in [5, 5.41) is 9.21. The van der Waals surface area contributed by atoms with Crippen LogP contribution >= 0.6 is 0 Å². The summed E-state index contributed by atoms with van der Waals surface area (Å²) in [6.07, 6.45) is 7.31. The summed E-state index contributed by atoms with van der Waals surface area (Å²) >= 11 is 0. The van der Waals surface area contributed by atoms with Gasteiger partial charge in [-0.2, -0.15) is 0 Å². The second kappa shape index (κ2) is 5.17. The minimum absolute atomic E-state index is 0.149. The molecule has 3 heteroatoms. The fourth-order valence-corrected chi connectivity index (χ4v) is 3.53. The Labute approximate surface area is 113 Å². The lowest BCUT2D eigenvalue weighted by Gasteiger charge is -2.20. The maximum absolute atomic E-state index is 11.2. The zero-order valence-electron chi connectivity index (χ0n) is 10.9. The summed E-state index contributed by atoms with van der Waals surface area (Å²) in [7, 11) is 0. The molecular weight excluding hydrogens is 238 g/mol. The topological polar surface area (TPSA) is 40.5 Å². The predicted molar refractivity (Wildman–Crippen MR) is 74.7 cm³/mol. The summed E-state index contributed by atoms with van der Waals surface area (Å²) in [6.45, 7) is 0.869. The smallest absolute Gasteiger partial charge is 0.308 e. The Kier molecular flexibility index (Phi) is 3.38. The van der Waals surface area contributed by atoms with Gasteiger partial charge in [-0.05, 0) is 24.8 Å². The van der Waals surface area contributed by atoms with E-state index in [1.807, 2.05) is 18.2 Å². The van der Waals surface area contributed by atoms with Gasteiger partial charge in [0.1, 0.15) is 0 Å². The number of benzene rings is 1. The summed E-state index contributed by atoms with van der Waals surface area (Å²) < 4.78 is 0. The molecule has 2 fully saturated rings. The van der Waals surface area contributed by atoms with Gasteiger partial charge in [-0.25, -0.2) is 0 Å². The fourth-order valence-electron chi connectivity index (χ4n) is 3.53. The number of hydrogen-bond donors (Lipinski definition) is 1. The summed E-state index contributed by atoms with van der Waals surface area (Å²) in [5.74, 6) is -0.770. The second-order valence-electron chi connectivity index (χ2n) is 5.49. The fraction of sp³-hybridized carbons (Fsp3) is 0.438. The minimum Gasteiger partial charge on any atom is -0.481 e. The highest BCUT2D eigenvalue weighted by molar-refractivity contribution is 5.71. The number of nitrogens with zero attached hydrogens (tertiary/aromatic N) is 1. The maximum atomic E-state index is 11.2. The Balaban J connectivity index is 1.62. The summed E-state index contributed by atoms with van der Waals surface area (Å²) in [5.41, 5.74) is 1.20. The third-order valence-corrected chi connectivity index (χ3v) is 4.42. The van der Waals surface area contributed by atoms with E-state index in [0.29, 0.717) is 6.04 Å². The molecule has 0 radical (unpaired) electrons. The van der Waals surface area contributed by atoms with Crippen LogP contribution in [0.3, 0.4) is 0 Å². The van der Waals surface area contributed by atoms with Crippen molar-refractivity contribution in [3.05, 3.63) is 42.0 Å². The lowest BCUT2D eigenvalue weighted by atomic mass is 9.89. The molecular formula is C16H19NO2. The number of fused-ring (bicyclic) bond motifs is 2. The van der Waals surface area contributed by atoms with Crippen LogP contribution in [0.1, 0.15) is 24.8 Å². The van der Waals surface area contributed by atoms with Crippen LogP contribution < -0.4 is 0 Å². The molecule has 0 spiro atoms. The zero-order valence-corrected chi connectivity index (χ0v) is 10.9. The van der Waals surface area contributed by atoms with E-state index in [9.17, 15) is 9.90 Å². The normalized spacial score (nSPS) is 30.2. The Morgan fingerprint density at radius 3 is 2.79 bits per heavy atom. The summed E-state index contributed by atoms with van der Waals surface area (Å²) in [6, 6.07) is 11.0. The Morgan fingerprint density at radius 2 is 2.11 bits per heavy atom. The van der Waals surface area contributed by atoms with Gasteiger partial charge in [0, 0.05) is 18.6 Å². The minimum atomic E-state index is -0.621. The van der Waals surface area contributed by atoms with E-state index in [2.05, 4.69) is 29.2 Å². The molecule has 0 aromatic heterocycles. The molecule has 100 valence electrons. The van der Waals surface area contributed by atoms with Crippen molar-refractivity contribution in [3.63, 3.8) is 0 Å². The number of aliphatic carboxylic acids is 1. The number of hydrogen-bond acceptors (Lipinski definition) is 2. The molecule has 1 aromatic rings. The van der Waals surface area contributed by atoms with Gasteiger partial charge in [-0.3, -0.25) is 9.69 Å². The van der Waals surface area contributed by atoms with Crippen molar-refractivity contribution in [1.82, 2.24) is 4.90 Å². The molecule has 2 aliphatic rings. The van der Waals surface area contributed by atoms with Gasteiger partial charge in [0.05, 0.1) is 5.92 Å². The largest absolute Gasteiger partial charge is 0.481 e. The molecule has 19 heavy (non-hydrogen) atoms. The van der Waals surface area contributed by atoms with E-state index in [1.54, 1.807) is 0 Å². The lowest BCUT2D eigenvalue weighted by Crippen LogP contribution is -2.33. The first-order valence-corrected chi connectivity index (χ1v) is 6.96. The average molecular weight is 257 g/mol. The Morgan fingerprint density at radius 1 is 1.32 bits per heavy atom. The van der Waals surface area contributed by atoms with Gasteiger partial charge in [0.2, 0.25) is 0 Å². The number of carbonyl (C=O) groups is 1. The number of rotatable bonds is 4. The molecule has 3 unspecified atom stereocenters. The average Bonchev–Trinajstić information content (AvgIpc) is 2.97. The first kappa shape index (κ1) is 12.4. The van der Waals surface area contributed by atoms with Crippen LogP contribution in [-0.2, 0) is 4.79 Å². The van der Waals surface area contributed by atoms with E-state index in [0.717, 1.165) is 25.8 Å². The van der Waals surface area contributed by atoms with Crippen LogP contribution in [0.2, 0.25) is 0 Å². The molecule has 0 aliphatic carbocycles. The van der Waals surface area contributed by atoms with Gasteiger partial charge in [-0.1, -0.05) is 42.5 Å². The molecule has 1 N–H and O–H groups in total. The highest BCUT2D eigenvalue weighted by Gasteiger charge is 2.48. The van der Waals surface area contributed by atoms with Gasteiger partial charge < -0.3 is 5.11 Å². The monoisotopic (exact) mass is 257 g/mol. The predicted octanol–water partition coefficient (Wildman–Crippen LogP) is 2.64. The molecule has 2 heterocycles. The molecule has 3 rings (SSSR count). The van der Waals surface area contributed by atoms with Crippen molar-refractivity contribution in [3.8, 4) is 0 Å². The van der Waals surface area contributed by atoms with Gasteiger partial charge in [-0.15, -0.1) is 0 Å². The molecule has 2 saturated heterocycles. The van der Waals surface area contributed by atoms with Crippen LogP contribution in [0.15, 0.2) is 36.4 Å². The first-order valence-electron chi connectivity index (χ1n) is 6.96. The standard InChI is InChI=1S/C16H19NO2/c18-16(19)14-11-13-8-9-15(14)17(13)10-4-7-12-5-2-1-3-6-12/h1-7,13-15H,8-11H2,(H,18,19). The van der Waals surface area contributed by atoms with Crippen LogP contribution in [0.25, 0.3) is 6.08 Å². The molecule has 2 aliphatic heterocycles. The van der Waals surface area contributed by atoms with E-state index in [-0.39, 0.29) is 12.0 Å². The number of carboxylic acid groups (broad SMARTS) is 1. The zero-order chi connectivity index (χ0) is 13.2. The maximum Gasteiger partial charge on any atom is 0.308 e. The SMILES string of the molecule is O=C(O)C1CC2CCC1N2CC=Cc1ccccc1. The van der Waals surface area contributed by atoms with E-state index < -0.39 is 5.97 Å². The molecule has 0 amide bonds. The van der Waals surface area contributed by atoms with E-state index in [4.69, 9.17) is 0 Å². The number of carboxylic acids is 1. The van der Waals surface area contributed by atoms with Crippen LogP contribution in [0, 0.1) is 5.92 Å². The molecule has 2 bridgehead atoms. The van der Waals surface area contributed by atoms with Gasteiger partial charge in [0.25, 0.3) is 0 Å². The molecule has 0 saturated carbocycles. The third kappa shape index (κ3) is 2.43. The second-order valence-corrected chi connectivity index (χ2v) is 5.49. The van der Waals surface area contributed by atoms with Crippen molar-refractivity contribution in [1.29, 1.82) is 0 Å². The Bertz CT molecular complexity index is 483. The van der Waals surface area contributed by atoms with Crippen LogP contribution in [0.4, 0.5) is 0 Å². The first-order chi connectivity index (χ1) is 9.25. The van der Waals surface area contributed by atoms with E-state index in [1.165, 1.54) is 5.56 Å². The lowest BCUT2D eigenvalue weighted by molar-refractivity contribution is -0.142. The van der Waals surface area contributed by atoms with Gasteiger partial charge >= 0.3 is 5.97 Å². The van der Waals surface area contributed by atoms with Crippen molar-refractivity contribution < 1.29 is 9.90 Å². The van der Waals surface area contributed by atoms with E-state index >= 15 is 0 Å². The van der Waals surface area contributed by atoms with Crippen molar-refractivity contribution in [2.24, 2.45) is 5.92 Å². The summed E-state index contributed by atoms with van der Waals surface area (Å²) in [4.78, 5) is 13.6. The highest BCUT2D eigenvalue weighted by Crippen LogP contribution is 2.41. The van der Waals surface area contributed by atoms with Crippen molar-refractivity contribution in [2.75, 3.05) is 6.54 Å². The van der Waals surface area contributed by atoms with Gasteiger partial charge in [0.15, 0.2) is 0 Å².